The molecule has 2 atom stereocenters. The van der Waals surface area contributed by atoms with Gasteiger partial charge in [-0.3, -0.25) is 4.90 Å². The van der Waals surface area contributed by atoms with E-state index in [0.29, 0.717) is 0 Å². The van der Waals surface area contributed by atoms with E-state index in [1.165, 1.54) is 76.8 Å². The summed E-state index contributed by atoms with van der Waals surface area (Å²) in [6, 6.07) is 11.8. The van der Waals surface area contributed by atoms with E-state index in [1.807, 2.05) is 0 Å². The summed E-state index contributed by atoms with van der Waals surface area (Å²) >= 11 is 0. The van der Waals surface area contributed by atoms with Gasteiger partial charge in [0.25, 0.3) is 0 Å². The van der Waals surface area contributed by atoms with Gasteiger partial charge in [0.15, 0.2) is 0 Å². The van der Waals surface area contributed by atoms with Crippen molar-refractivity contribution in [3.63, 3.8) is 0 Å². The minimum absolute atomic E-state index is 0.884. The van der Waals surface area contributed by atoms with Crippen LogP contribution in [0, 0.1) is 5.92 Å². The van der Waals surface area contributed by atoms with Crippen molar-refractivity contribution in [1.82, 2.24) is 9.80 Å². The van der Waals surface area contributed by atoms with Gasteiger partial charge in [0.2, 0.25) is 0 Å². The Morgan fingerprint density at radius 2 is 1.77 bits per heavy atom. The van der Waals surface area contributed by atoms with E-state index in [0.717, 1.165) is 12.0 Å². The van der Waals surface area contributed by atoms with Crippen molar-refractivity contribution in [2.45, 2.75) is 51.5 Å². The highest BCUT2D eigenvalue weighted by Gasteiger charge is 2.27. The van der Waals surface area contributed by atoms with Crippen LogP contribution in [0.2, 0.25) is 0 Å². The van der Waals surface area contributed by atoms with Gasteiger partial charge >= 0.3 is 0 Å². The molecule has 3 rings (SSSR count). The summed E-state index contributed by atoms with van der Waals surface area (Å²) in [5, 5.41) is 0. The van der Waals surface area contributed by atoms with Crippen LogP contribution in [0.3, 0.4) is 0 Å². The summed E-state index contributed by atoms with van der Waals surface area (Å²) in [6.07, 6.45) is 8.30. The summed E-state index contributed by atoms with van der Waals surface area (Å²) in [5.41, 5.74) is 1.48. The molecule has 0 unspecified atom stereocenters. The van der Waals surface area contributed by atoms with Crippen molar-refractivity contribution in [3.8, 4) is 0 Å². The van der Waals surface area contributed by atoms with E-state index < -0.39 is 0 Å². The first-order valence-electron chi connectivity index (χ1n) is 9.31. The fraction of sp³-hybridized carbons (Fsp3) is 0.700. The van der Waals surface area contributed by atoms with Crippen LogP contribution in [0.4, 0.5) is 0 Å². The van der Waals surface area contributed by atoms with Crippen LogP contribution >= 0.6 is 0 Å². The zero-order valence-electron chi connectivity index (χ0n) is 14.2. The highest BCUT2D eigenvalue weighted by atomic mass is 15.3. The lowest BCUT2D eigenvalue weighted by molar-refractivity contribution is 0.0686. The molecule has 2 nitrogen and oxygen atoms in total. The average Bonchev–Trinajstić information content (AvgIpc) is 2.56. The SMILES string of the molecule is C[C@@H]1CCC[C@@H](N2CCN(CCCc3ccccc3)CC2)C1. The van der Waals surface area contributed by atoms with Gasteiger partial charge in [-0.25, -0.2) is 0 Å². The van der Waals surface area contributed by atoms with Crippen LogP contribution in [0.25, 0.3) is 0 Å². The quantitative estimate of drug-likeness (QED) is 0.816. The molecule has 0 N–H and O–H groups in total. The van der Waals surface area contributed by atoms with Crippen molar-refractivity contribution >= 4 is 0 Å². The normalized spacial score (nSPS) is 27.9. The molecule has 1 heterocycles. The molecule has 1 aliphatic carbocycles. The lowest BCUT2D eigenvalue weighted by Crippen LogP contribution is -2.51. The molecular weight excluding hydrogens is 268 g/mol. The van der Waals surface area contributed by atoms with E-state index in [2.05, 4.69) is 47.1 Å². The Bertz CT molecular complexity index is 423. The number of benzene rings is 1. The number of aryl methyl sites for hydroxylation is 1. The predicted molar refractivity (Wildman–Crippen MR) is 94.2 cm³/mol. The molecule has 2 heteroatoms. The van der Waals surface area contributed by atoms with Gasteiger partial charge in [-0.15, -0.1) is 0 Å². The second-order valence-electron chi connectivity index (χ2n) is 7.39. The van der Waals surface area contributed by atoms with Crippen LogP contribution in [-0.4, -0.2) is 48.6 Å². The molecule has 0 radical (unpaired) electrons. The average molecular weight is 300 g/mol. The zero-order chi connectivity index (χ0) is 15.2. The third kappa shape index (κ3) is 4.57. The fourth-order valence-electron chi connectivity index (χ4n) is 4.24. The van der Waals surface area contributed by atoms with Crippen LogP contribution in [0.1, 0.15) is 44.6 Å². The lowest BCUT2D eigenvalue weighted by atomic mass is 9.86. The summed E-state index contributed by atoms with van der Waals surface area (Å²) in [5.74, 6) is 0.947. The molecule has 122 valence electrons. The first-order chi connectivity index (χ1) is 10.8. The molecule has 0 amide bonds. The van der Waals surface area contributed by atoms with E-state index in [1.54, 1.807) is 0 Å². The van der Waals surface area contributed by atoms with Crippen LogP contribution in [0.15, 0.2) is 30.3 Å². The second kappa shape index (κ2) is 8.12. The maximum atomic E-state index is 2.78. The first kappa shape index (κ1) is 16.0. The predicted octanol–water partition coefficient (Wildman–Crippen LogP) is 3.82. The Balaban J connectivity index is 1.35. The second-order valence-corrected chi connectivity index (χ2v) is 7.39. The Morgan fingerprint density at radius 3 is 2.50 bits per heavy atom. The highest BCUT2D eigenvalue weighted by Crippen LogP contribution is 2.27. The lowest BCUT2D eigenvalue weighted by Gasteiger charge is -2.42. The van der Waals surface area contributed by atoms with Gasteiger partial charge in [0.05, 0.1) is 0 Å². The number of hydrogen-bond acceptors (Lipinski definition) is 2. The minimum atomic E-state index is 0.884. The van der Waals surface area contributed by atoms with Gasteiger partial charge in [-0.1, -0.05) is 50.1 Å². The molecule has 0 spiro atoms. The minimum Gasteiger partial charge on any atom is -0.301 e. The Hall–Kier alpha value is -0.860. The van der Waals surface area contributed by atoms with Crippen molar-refractivity contribution in [3.05, 3.63) is 35.9 Å². The molecule has 1 aromatic carbocycles. The number of nitrogens with zero attached hydrogens (tertiary/aromatic N) is 2. The smallest absolute Gasteiger partial charge is 0.0113 e. The third-order valence-electron chi connectivity index (χ3n) is 5.61. The Kier molecular flexibility index (Phi) is 5.91. The number of hydrogen-bond donors (Lipinski definition) is 0. The molecule has 0 aromatic heterocycles. The molecule has 0 bridgehead atoms. The maximum Gasteiger partial charge on any atom is 0.0113 e. The summed E-state index contributed by atoms with van der Waals surface area (Å²) in [7, 11) is 0. The summed E-state index contributed by atoms with van der Waals surface area (Å²) in [4.78, 5) is 5.45. The van der Waals surface area contributed by atoms with E-state index in [-0.39, 0.29) is 0 Å². The van der Waals surface area contributed by atoms with Crippen LogP contribution in [0.5, 0.6) is 0 Å². The topological polar surface area (TPSA) is 6.48 Å². The zero-order valence-corrected chi connectivity index (χ0v) is 14.2. The summed E-state index contributed by atoms with van der Waals surface area (Å²) < 4.78 is 0. The Morgan fingerprint density at radius 1 is 1.00 bits per heavy atom. The monoisotopic (exact) mass is 300 g/mol. The molecule has 1 aromatic rings. The largest absolute Gasteiger partial charge is 0.301 e. The van der Waals surface area contributed by atoms with Crippen LogP contribution < -0.4 is 0 Å². The van der Waals surface area contributed by atoms with E-state index >= 15 is 0 Å². The van der Waals surface area contributed by atoms with Crippen molar-refractivity contribution in [2.75, 3.05) is 32.7 Å². The molecule has 1 aliphatic heterocycles. The van der Waals surface area contributed by atoms with E-state index in [4.69, 9.17) is 0 Å². The Labute approximate surface area is 136 Å². The van der Waals surface area contributed by atoms with Gasteiger partial charge in [-0.05, 0) is 43.7 Å². The van der Waals surface area contributed by atoms with Gasteiger partial charge < -0.3 is 4.90 Å². The number of rotatable bonds is 5. The molecule has 1 saturated heterocycles. The molecule has 2 fully saturated rings. The molecule has 22 heavy (non-hydrogen) atoms. The first-order valence-corrected chi connectivity index (χ1v) is 9.31. The fourth-order valence-corrected chi connectivity index (χ4v) is 4.24. The standard InChI is InChI=1S/C20H32N2/c1-18-7-5-11-20(17-18)22-15-13-21(14-16-22)12-6-10-19-8-3-2-4-9-19/h2-4,8-9,18,20H,5-7,10-17H2,1H3/t18-,20-/m1/s1. The van der Waals surface area contributed by atoms with E-state index in [9.17, 15) is 0 Å². The van der Waals surface area contributed by atoms with Gasteiger partial charge in [0.1, 0.15) is 0 Å². The maximum absolute atomic E-state index is 2.78. The molecular formula is C20H32N2. The molecule has 1 saturated carbocycles. The van der Waals surface area contributed by atoms with Crippen molar-refractivity contribution < 1.29 is 0 Å². The molecule has 2 aliphatic rings. The van der Waals surface area contributed by atoms with Crippen LogP contribution in [-0.2, 0) is 6.42 Å². The van der Waals surface area contributed by atoms with Crippen molar-refractivity contribution in [1.29, 1.82) is 0 Å². The highest BCUT2D eigenvalue weighted by molar-refractivity contribution is 5.14. The van der Waals surface area contributed by atoms with Gasteiger partial charge in [0, 0.05) is 32.2 Å². The van der Waals surface area contributed by atoms with Crippen molar-refractivity contribution in [2.24, 2.45) is 5.92 Å². The summed E-state index contributed by atoms with van der Waals surface area (Å²) in [6.45, 7) is 8.85. The third-order valence-corrected chi connectivity index (χ3v) is 5.61. The number of piperazine rings is 1. The van der Waals surface area contributed by atoms with Gasteiger partial charge in [-0.2, -0.15) is 0 Å².